The van der Waals surface area contributed by atoms with Crippen LogP contribution in [0.5, 0.6) is 0 Å². The number of benzene rings is 1. The zero-order valence-corrected chi connectivity index (χ0v) is 8.89. The van der Waals surface area contributed by atoms with E-state index in [2.05, 4.69) is 4.98 Å². The van der Waals surface area contributed by atoms with Crippen molar-refractivity contribution in [3.63, 3.8) is 0 Å². The van der Waals surface area contributed by atoms with E-state index in [1.165, 1.54) is 11.3 Å². The second-order valence-electron chi connectivity index (χ2n) is 2.89. The summed E-state index contributed by atoms with van der Waals surface area (Å²) in [4.78, 5) is 3.95. The molecule has 0 aliphatic heterocycles. The average molecular weight is 277 g/mol. The standard InChI is InChI=1S/C8H7NO3S2.2Na.2H/c1-5-2-3-6-7(13-4-9-6)8(5)14(10,11)12;;;;/h2-4H,1H3,(H,10,11,12);;;;. The monoisotopic (exact) mass is 277 g/mol. The van der Waals surface area contributed by atoms with Crippen molar-refractivity contribution in [1.29, 1.82) is 0 Å². The Morgan fingerprint density at radius 2 is 1.94 bits per heavy atom. The second kappa shape index (κ2) is 6.26. The third kappa shape index (κ3) is 3.28. The van der Waals surface area contributed by atoms with Crippen LogP contribution in [0.1, 0.15) is 5.56 Å². The van der Waals surface area contributed by atoms with E-state index in [0.717, 1.165) is 0 Å². The number of rotatable bonds is 1. The summed E-state index contributed by atoms with van der Waals surface area (Å²) in [7, 11) is -4.16. The molecule has 0 fully saturated rings. The first-order valence-electron chi connectivity index (χ1n) is 3.80. The van der Waals surface area contributed by atoms with Crippen LogP contribution < -0.4 is 0 Å². The number of hydrogen-bond donors (Lipinski definition) is 1. The fourth-order valence-electron chi connectivity index (χ4n) is 1.32. The number of hydrogen-bond acceptors (Lipinski definition) is 4. The number of fused-ring (bicyclic) bond motifs is 1. The molecule has 2 aromatic rings. The van der Waals surface area contributed by atoms with Gasteiger partial charge in [-0.3, -0.25) is 4.55 Å². The third-order valence-corrected chi connectivity index (χ3v) is 3.94. The van der Waals surface area contributed by atoms with Gasteiger partial charge in [-0.2, -0.15) is 8.42 Å². The van der Waals surface area contributed by atoms with Crippen LogP contribution in [0, 0.1) is 6.92 Å². The van der Waals surface area contributed by atoms with Crippen LogP contribution >= 0.6 is 11.3 Å². The fourth-order valence-corrected chi connectivity index (χ4v) is 3.38. The maximum atomic E-state index is 11.1. The van der Waals surface area contributed by atoms with Crippen LogP contribution in [0.3, 0.4) is 0 Å². The molecule has 0 radical (unpaired) electrons. The maximum absolute atomic E-state index is 11.1. The van der Waals surface area contributed by atoms with E-state index in [1.807, 2.05) is 0 Å². The molecule has 1 N–H and O–H groups in total. The Kier molecular flexibility index (Phi) is 6.66. The van der Waals surface area contributed by atoms with Crippen molar-refractivity contribution in [2.24, 2.45) is 0 Å². The minimum absolute atomic E-state index is 0. The van der Waals surface area contributed by atoms with Crippen molar-refractivity contribution >= 4 is 90.8 Å². The van der Waals surface area contributed by atoms with Crippen LogP contribution in [-0.4, -0.2) is 77.1 Å². The first-order chi connectivity index (χ1) is 6.50. The molecule has 0 atom stereocenters. The summed E-state index contributed by atoms with van der Waals surface area (Å²) in [6, 6.07) is 3.36. The molecule has 0 saturated heterocycles. The van der Waals surface area contributed by atoms with Gasteiger partial charge in [0.1, 0.15) is 4.90 Å². The molecule has 4 nitrogen and oxygen atoms in total. The van der Waals surface area contributed by atoms with Gasteiger partial charge < -0.3 is 0 Å². The molecule has 0 spiro atoms. The average Bonchev–Trinajstić information content (AvgIpc) is 2.48. The molecule has 0 aliphatic rings. The van der Waals surface area contributed by atoms with Crippen molar-refractivity contribution in [3.8, 4) is 0 Å². The van der Waals surface area contributed by atoms with E-state index in [9.17, 15) is 8.42 Å². The SMILES string of the molecule is Cc1ccc2ncsc2c1S(=O)(=O)O.[NaH].[NaH]. The molecule has 0 bridgehead atoms. The predicted octanol–water partition coefficient (Wildman–Crippen LogP) is 0.554. The van der Waals surface area contributed by atoms with E-state index < -0.39 is 10.1 Å². The molecule has 8 heteroatoms. The molecule has 1 aromatic carbocycles. The zero-order chi connectivity index (χ0) is 10.3. The summed E-state index contributed by atoms with van der Waals surface area (Å²) in [5.41, 5.74) is 2.68. The molecule has 0 unspecified atom stereocenters. The van der Waals surface area contributed by atoms with Gasteiger partial charge in [0.15, 0.2) is 0 Å². The third-order valence-electron chi connectivity index (χ3n) is 1.91. The van der Waals surface area contributed by atoms with Crippen LogP contribution in [0.2, 0.25) is 0 Å². The van der Waals surface area contributed by atoms with Crippen LogP contribution in [-0.2, 0) is 10.1 Å². The Balaban J connectivity index is 0.00000112. The Labute approximate surface area is 142 Å². The Morgan fingerprint density at radius 3 is 2.50 bits per heavy atom. The first-order valence-corrected chi connectivity index (χ1v) is 6.12. The number of aryl methyl sites for hydroxylation is 1. The van der Waals surface area contributed by atoms with Crippen molar-refractivity contribution < 1.29 is 13.0 Å². The zero-order valence-electron chi connectivity index (χ0n) is 7.26. The molecular weight excluding hydrogens is 268 g/mol. The van der Waals surface area contributed by atoms with Gasteiger partial charge in [0.2, 0.25) is 0 Å². The van der Waals surface area contributed by atoms with E-state index >= 15 is 0 Å². The summed E-state index contributed by atoms with van der Waals surface area (Å²) in [6.07, 6.45) is 0. The number of nitrogens with zero attached hydrogens (tertiary/aromatic N) is 1. The van der Waals surface area contributed by atoms with Gasteiger partial charge in [-0.1, -0.05) is 6.07 Å². The van der Waals surface area contributed by atoms with Gasteiger partial charge in [-0.05, 0) is 18.6 Å². The molecule has 16 heavy (non-hydrogen) atoms. The molecule has 0 amide bonds. The van der Waals surface area contributed by atoms with Gasteiger partial charge >= 0.3 is 59.1 Å². The van der Waals surface area contributed by atoms with Gasteiger partial charge in [-0.15, -0.1) is 11.3 Å². The fraction of sp³-hybridized carbons (Fsp3) is 0.125. The summed E-state index contributed by atoms with van der Waals surface area (Å²) in [6.45, 7) is 1.64. The van der Waals surface area contributed by atoms with E-state index in [-0.39, 0.29) is 64.0 Å². The van der Waals surface area contributed by atoms with Gasteiger partial charge in [0, 0.05) is 0 Å². The molecule has 1 aromatic heterocycles. The van der Waals surface area contributed by atoms with Crippen molar-refractivity contribution in [3.05, 3.63) is 23.2 Å². The second-order valence-corrected chi connectivity index (χ2v) is 5.10. The Morgan fingerprint density at radius 1 is 1.31 bits per heavy atom. The van der Waals surface area contributed by atoms with Crippen molar-refractivity contribution in [2.75, 3.05) is 0 Å². The summed E-state index contributed by atoms with van der Waals surface area (Å²) in [5, 5.41) is 0. The Bertz CT molecular complexity index is 594. The number of thiazole rings is 1. The topological polar surface area (TPSA) is 67.3 Å². The molecule has 0 saturated carbocycles. The van der Waals surface area contributed by atoms with Gasteiger partial charge in [0.25, 0.3) is 10.1 Å². The van der Waals surface area contributed by atoms with Crippen molar-refractivity contribution in [1.82, 2.24) is 4.98 Å². The van der Waals surface area contributed by atoms with Gasteiger partial charge in [-0.25, -0.2) is 4.98 Å². The first kappa shape index (κ1) is 17.0. The van der Waals surface area contributed by atoms with Crippen LogP contribution in [0.25, 0.3) is 10.2 Å². The van der Waals surface area contributed by atoms with Gasteiger partial charge in [0.05, 0.1) is 15.7 Å². The van der Waals surface area contributed by atoms with E-state index in [1.54, 1.807) is 24.6 Å². The summed E-state index contributed by atoms with van der Waals surface area (Å²) < 4.78 is 31.7. The van der Waals surface area contributed by atoms with E-state index in [0.29, 0.717) is 15.8 Å². The molecular formula is C8H9NNa2O3S2. The van der Waals surface area contributed by atoms with Crippen molar-refractivity contribution in [2.45, 2.75) is 11.8 Å². The predicted molar refractivity (Wildman–Crippen MR) is 68.5 cm³/mol. The molecule has 0 aliphatic carbocycles. The van der Waals surface area contributed by atoms with Crippen LogP contribution in [0.15, 0.2) is 22.5 Å². The summed E-state index contributed by atoms with van der Waals surface area (Å²) >= 11 is 1.20. The normalized spacial score (nSPS) is 10.6. The van der Waals surface area contributed by atoms with Crippen LogP contribution in [0.4, 0.5) is 0 Å². The quantitative estimate of drug-likeness (QED) is 0.611. The molecule has 1 heterocycles. The summed E-state index contributed by atoms with van der Waals surface area (Å²) in [5.74, 6) is 0. The van der Waals surface area contributed by atoms with E-state index in [4.69, 9.17) is 4.55 Å². The number of aromatic nitrogens is 1. The minimum atomic E-state index is -4.16. The molecule has 78 valence electrons. The Hall–Kier alpha value is 1.02. The molecule has 2 rings (SSSR count).